The van der Waals surface area contributed by atoms with Gasteiger partial charge in [0.05, 0.1) is 12.7 Å². The SMILES string of the molecule is C=CCOC(=O)C1=C(C)NC2=C(C(=O)CCC2)[C@@H]1c1cccc(OC)c1. The normalized spacial score (nSPS) is 19.6. The van der Waals surface area contributed by atoms with Gasteiger partial charge in [-0.05, 0) is 37.5 Å². The summed E-state index contributed by atoms with van der Waals surface area (Å²) >= 11 is 0. The van der Waals surface area contributed by atoms with Crippen LogP contribution in [-0.2, 0) is 14.3 Å². The maximum atomic E-state index is 12.8. The molecular formula is C21H23NO4. The van der Waals surface area contributed by atoms with E-state index in [0.29, 0.717) is 23.3 Å². The number of nitrogens with one attached hydrogen (secondary N) is 1. The standard InChI is InChI=1S/C21H23NO4/c1-4-11-26-21(24)18-13(2)22-16-9-6-10-17(23)20(16)19(18)14-7-5-8-15(12-14)25-3/h4-5,7-8,12,19,22H,1,6,9-11H2,2-3H3/t19-/m1/s1. The fourth-order valence-corrected chi connectivity index (χ4v) is 3.62. The van der Waals surface area contributed by atoms with Crippen LogP contribution in [0.4, 0.5) is 0 Å². The number of carbonyl (C=O) groups is 2. The molecule has 136 valence electrons. The van der Waals surface area contributed by atoms with E-state index in [9.17, 15) is 9.59 Å². The summed E-state index contributed by atoms with van der Waals surface area (Å²) in [5.41, 5.74) is 3.61. The van der Waals surface area contributed by atoms with E-state index < -0.39 is 11.9 Å². The van der Waals surface area contributed by atoms with Gasteiger partial charge in [0, 0.05) is 29.3 Å². The minimum atomic E-state index is -0.452. The van der Waals surface area contributed by atoms with Crippen molar-refractivity contribution in [1.29, 1.82) is 0 Å². The van der Waals surface area contributed by atoms with Gasteiger partial charge < -0.3 is 14.8 Å². The number of Topliss-reactive ketones (excluding diaryl/α,β-unsaturated/α-hetero) is 1. The van der Waals surface area contributed by atoms with Crippen LogP contribution in [0.2, 0.25) is 0 Å². The molecule has 1 aliphatic heterocycles. The molecule has 3 rings (SSSR count). The fourth-order valence-electron chi connectivity index (χ4n) is 3.62. The Bertz CT molecular complexity index is 819. The third-order valence-electron chi connectivity index (χ3n) is 4.76. The molecule has 0 amide bonds. The molecule has 0 aromatic heterocycles. The second-order valence-electron chi connectivity index (χ2n) is 6.43. The summed E-state index contributed by atoms with van der Waals surface area (Å²) in [6.45, 7) is 5.56. The molecule has 0 saturated heterocycles. The Hall–Kier alpha value is -2.82. The van der Waals surface area contributed by atoms with Crippen molar-refractivity contribution in [2.24, 2.45) is 0 Å². The lowest BCUT2D eigenvalue weighted by molar-refractivity contribution is -0.138. The second kappa shape index (κ2) is 7.60. The Morgan fingerprint density at radius 3 is 2.92 bits per heavy atom. The minimum Gasteiger partial charge on any atom is -0.497 e. The van der Waals surface area contributed by atoms with E-state index in [0.717, 1.165) is 29.8 Å². The van der Waals surface area contributed by atoms with Crippen LogP contribution in [0.1, 0.15) is 37.7 Å². The maximum Gasteiger partial charge on any atom is 0.337 e. The molecule has 1 atom stereocenters. The zero-order chi connectivity index (χ0) is 18.7. The van der Waals surface area contributed by atoms with Gasteiger partial charge in [0.15, 0.2) is 5.78 Å². The quantitative estimate of drug-likeness (QED) is 0.649. The summed E-state index contributed by atoms with van der Waals surface area (Å²) in [5, 5.41) is 3.26. The highest BCUT2D eigenvalue weighted by Crippen LogP contribution is 2.43. The van der Waals surface area contributed by atoms with Gasteiger partial charge in [-0.25, -0.2) is 4.79 Å². The first-order valence-corrected chi connectivity index (χ1v) is 8.72. The van der Waals surface area contributed by atoms with Gasteiger partial charge in [0.1, 0.15) is 12.4 Å². The number of allylic oxidation sites excluding steroid dienone is 3. The molecule has 2 aliphatic rings. The molecule has 5 nitrogen and oxygen atoms in total. The van der Waals surface area contributed by atoms with Crippen molar-refractivity contribution in [2.45, 2.75) is 32.1 Å². The topological polar surface area (TPSA) is 64.6 Å². The molecule has 1 aromatic carbocycles. The predicted octanol–water partition coefficient (Wildman–Crippen LogP) is 3.39. The van der Waals surface area contributed by atoms with E-state index >= 15 is 0 Å². The van der Waals surface area contributed by atoms with Crippen molar-refractivity contribution in [3.05, 3.63) is 65.0 Å². The van der Waals surface area contributed by atoms with Crippen LogP contribution in [0.15, 0.2) is 59.5 Å². The highest BCUT2D eigenvalue weighted by molar-refractivity contribution is 6.03. The van der Waals surface area contributed by atoms with Gasteiger partial charge in [-0.2, -0.15) is 0 Å². The van der Waals surface area contributed by atoms with E-state index in [1.54, 1.807) is 7.11 Å². The molecule has 1 aliphatic carbocycles. The summed E-state index contributed by atoms with van der Waals surface area (Å²) in [6.07, 6.45) is 3.64. The van der Waals surface area contributed by atoms with E-state index in [-0.39, 0.29) is 12.4 Å². The highest BCUT2D eigenvalue weighted by atomic mass is 16.5. The number of esters is 1. The molecule has 0 radical (unpaired) electrons. The maximum absolute atomic E-state index is 12.8. The predicted molar refractivity (Wildman–Crippen MR) is 98.6 cm³/mol. The molecule has 0 spiro atoms. The smallest absolute Gasteiger partial charge is 0.337 e. The summed E-state index contributed by atoms with van der Waals surface area (Å²) in [5.74, 6) is -0.130. The van der Waals surface area contributed by atoms with Crippen LogP contribution >= 0.6 is 0 Å². The Balaban J connectivity index is 2.13. The van der Waals surface area contributed by atoms with Crippen LogP contribution in [0.3, 0.4) is 0 Å². The average molecular weight is 353 g/mol. The van der Waals surface area contributed by atoms with Crippen LogP contribution in [0.5, 0.6) is 5.75 Å². The van der Waals surface area contributed by atoms with Crippen molar-refractivity contribution in [3.63, 3.8) is 0 Å². The summed E-state index contributed by atoms with van der Waals surface area (Å²) in [7, 11) is 1.60. The fraction of sp³-hybridized carbons (Fsp3) is 0.333. The number of rotatable bonds is 5. The van der Waals surface area contributed by atoms with Crippen molar-refractivity contribution in [2.75, 3.05) is 13.7 Å². The molecule has 0 fully saturated rings. The molecule has 0 bridgehead atoms. The van der Waals surface area contributed by atoms with E-state index in [1.165, 1.54) is 6.08 Å². The van der Waals surface area contributed by atoms with Crippen molar-refractivity contribution in [3.8, 4) is 5.75 Å². The number of ether oxygens (including phenoxy) is 2. The molecule has 26 heavy (non-hydrogen) atoms. The lowest BCUT2D eigenvalue weighted by Crippen LogP contribution is -2.34. The van der Waals surface area contributed by atoms with Gasteiger partial charge >= 0.3 is 5.97 Å². The Labute approximate surface area is 153 Å². The van der Waals surface area contributed by atoms with E-state index in [4.69, 9.17) is 9.47 Å². The van der Waals surface area contributed by atoms with Crippen LogP contribution in [0, 0.1) is 0 Å². The highest BCUT2D eigenvalue weighted by Gasteiger charge is 2.39. The van der Waals surface area contributed by atoms with Gasteiger partial charge in [-0.1, -0.05) is 24.8 Å². The monoisotopic (exact) mass is 353 g/mol. The summed E-state index contributed by atoms with van der Waals surface area (Å²) in [4.78, 5) is 25.5. The molecule has 0 saturated carbocycles. The number of carbonyl (C=O) groups excluding carboxylic acids is 2. The Morgan fingerprint density at radius 2 is 2.19 bits per heavy atom. The zero-order valence-corrected chi connectivity index (χ0v) is 15.1. The number of hydrogen-bond acceptors (Lipinski definition) is 5. The van der Waals surface area contributed by atoms with Crippen molar-refractivity contribution >= 4 is 11.8 Å². The number of ketones is 1. The zero-order valence-electron chi connectivity index (χ0n) is 15.1. The third-order valence-corrected chi connectivity index (χ3v) is 4.76. The van der Waals surface area contributed by atoms with Gasteiger partial charge in [-0.3, -0.25) is 4.79 Å². The van der Waals surface area contributed by atoms with Crippen LogP contribution in [-0.4, -0.2) is 25.5 Å². The first-order valence-electron chi connectivity index (χ1n) is 8.72. The summed E-state index contributed by atoms with van der Waals surface area (Å²) in [6, 6.07) is 7.50. The van der Waals surface area contributed by atoms with Crippen LogP contribution < -0.4 is 10.1 Å². The molecule has 0 unspecified atom stereocenters. The Kier molecular flexibility index (Phi) is 5.26. The first-order chi connectivity index (χ1) is 12.6. The number of hydrogen-bond donors (Lipinski definition) is 1. The number of benzene rings is 1. The lowest BCUT2D eigenvalue weighted by atomic mass is 9.75. The van der Waals surface area contributed by atoms with Gasteiger partial charge in [0.2, 0.25) is 0 Å². The second-order valence-corrected chi connectivity index (χ2v) is 6.43. The van der Waals surface area contributed by atoms with Gasteiger partial charge in [-0.15, -0.1) is 0 Å². The Morgan fingerprint density at radius 1 is 1.38 bits per heavy atom. The molecule has 1 heterocycles. The number of methoxy groups -OCH3 is 1. The molecular weight excluding hydrogens is 330 g/mol. The molecule has 1 N–H and O–H groups in total. The van der Waals surface area contributed by atoms with E-state index in [2.05, 4.69) is 11.9 Å². The van der Waals surface area contributed by atoms with E-state index in [1.807, 2.05) is 31.2 Å². The lowest BCUT2D eigenvalue weighted by Gasteiger charge is -2.34. The van der Waals surface area contributed by atoms with Gasteiger partial charge in [0.25, 0.3) is 0 Å². The van der Waals surface area contributed by atoms with Crippen molar-refractivity contribution in [1.82, 2.24) is 5.32 Å². The van der Waals surface area contributed by atoms with Crippen LogP contribution in [0.25, 0.3) is 0 Å². The largest absolute Gasteiger partial charge is 0.497 e. The average Bonchev–Trinajstić information content (AvgIpc) is 2.65. The molecule has 1 aromatic rings. The van der Waals surface area contributed by atoms with Crippen molar-refractivity contribution < 1.29 is 19.1 Å². The summed E-state index contributed by atoms with van der Waals surface area (Å²) < 4.78 is 10.6. The molecule has 5 heteroatoms. The minimum absolute atomic E-state index is 0.0769. The number of dihydropyridines is 1. The first kappa shape index (κ1) is 18.0. The third kappa shape index (κ3) is 3.29.